The summed E-state index contributed by atoms with van der Waals surface area (Å²) in [5.41, 5.74) is 3.42. The second-order valence-corrected chi connectivity index (χ2v) is 10.7. The number of rotatable bonds is 5. The first kappa shape index (κ1) is 25.2. The number of anilines is 1. The van der Waals surface area contributed by atoms with Crippen LogP contribution >= 0.6 is 24.0 Å². The Labute approximate surface area is 216 Å². The number of hydrogen-bond acceptors (Lipinski definition) is 6. The minimum Gasteiger partial charge on any atom is -0.357 e. The number of amides is 1. The van der Waals surface area contributed by atoms with Gasteiger partial charge in [-0.15, -0.1) is 0 Å². The average Bonchev–Trinajstić information content (AvgIpc) is 3.02. The van der Waals surface area contributed by atoms with Crippen molar-refractivity contribution in [3.8, 4) is 6.07 Å². The first-order valence-corrected chi connectivity index (χ1v) is 13.3. The van der Waals surface area contributed by atoms with Crippen molar-refractivity contribution in [1.82, 2.24) is 9.47 Å². The molecule has 35 heavy (non-hydrogen) atoms. The highest BCUT2D eigenvalue weighted by Gasteiger charge is 2.33. The maximum Gasteiger partial charge on any atom is 0.270 e. The predicted octanol–water partition coefficient (Wildman–Crippen LogP) is 5.14. The van der Waals surface area contributed by atoms with E-state index in [-0.39, 0.29) is 17.0 Å². The van der Waals surface area contributed by atoms with E-state index in [1.807, 2.05) is 44.2 Å². The molecule has 4 rings (SSSR count). The summed E-state index contributed by atoms with van der Waals surface area (Å²) < 4.78 is 2.20. The number of pyridine rings is 1. The molecule has 2 aromatic rings. The van der Waals surface area contributed by atoms with Crippen LogP contribution in [-0.2, 0) is 17.9 Å². The first-order chi connectivity index (χ1) is 16.8. The lowest BCUT2D eigenvalue weighted by Gasteiger charge is -2.29. The van der Waals surface area contributed by atoms with Crippen molar-refractivity contribution < 1.29 is 4.79 Å². The molecular formula is C27H30N4O2S2. The number of nitriles is 1. The molecule has 0 N–H and O–H groups in total. The standard InChI is InChI=1S/C27H30N4O2S2/c1-4-30-24(29-13-7-5-6-8-14-29)21(19(3)22(16-28)25(30)32)15-23-26(33)31(27(34)35-23)17-20-11-9-18(2)10-12-20/h9-12,15H,4-8,13-14,17H2,1-3H3/b23-15-. The summed E-state index contributed by atoms with van der Waals surface area (Å²) in [6, 6.07) is 10.2. The molecule has 0 unspecified atom stereocenters. The zero-order chi connectivity index (χ0) is 25.1. The lowest BCUT2D eigenvalue weighted by molar-refractivity contribution is -0.122. The van der Waals surface area contributed by atoms with E-state index in [0.29, 0.717) is 27.9 Å². The summed E-state index contributed by atoms with van der Waals surface area (Å²) >= 11 is 6.85. The topological polar surface area (TPSA) is 69.3 Å². The van der Waals surface area contributed by atoms with Crippen molar-refractivity contribution in [2.45, 2.75) is 59.5 Å². The molecule has 0 aliphatic carbocycles. The van der Waals surface area contributed by atoms with Gasteiger partial charge in [-0.1, -0.05) is 66.7 Å². The van der Waals surface area contributed by atoms with E-state index in [2.05, 4.69) is 11.0 Å². The van der Waals surface area contributed by atoms with Gasteiger partial charge in [0.1, 0.15) is 21.8 Å². The van der Waals surface area contributed by atoms with Crippen molar-refractivity contribution in [2.75, 3.05) is 18.0 Å². The molecule has 6 nitrogen and oxygen atoms in total. The monoisotopic (exact) mass is 506 g/mol. The summed E-state index contributed by atoms with van der Waals surface area (Å²) in [6.07, 6.45) is 6.27. The number of aromatic nitrogens is 1. The minimum absolute atomic E-state index is 0.131. The van der Waals surface area contributed by atoms with Crippen LogP contribution in [0.4, 0.5) is 5.82 Å². The molecule has 0 spiro atoms. The van der Waals surface area contributed by atoms with E-state index in [1.54, 1.807) is 16.4 Å². The van der Waals surface area contributed by atoms with Gasteiger partial charge in [0, 0.05) is 25.2 Å². The summed E-state index contributed by atoms with van der Waals surface area (Å²) in [6.45, 7) is 8.32. The smallest absolute Gasteiger partial charge is 0.270 e. The van der Waals surface area contributed by atoms with Crippen LogP contribution < -0.4 is 10.5 Å². The molecule has 1 aromatic carbocycles. The van der Waals surface area contributed by atoms with Gasteiger partial charge in [-0.05, 0) is 50.8 Å². The van der Waals surface area contributed by atoms with Crippen molar-refractivity contribution in [2.24, 2.45) is 0 Å². The van der Waals surface area contributed by atoms with E-state index >= 15 is 0 Å². The van der Waals surface area contributed by atoms with Crippen LogP contribution in [0.2, 0.25) is 0 Å². The summed E-state index contributed by atoms with van der Waals surface area (Å²) in [5.74, 6) is 0.661. The minimum atomic E-state index is -0.268. The van der Waals surface area contributed by atoms with Gasteiger partial charge in [0.15, 0.2) is 0 Å². The lowest BCUT2D eigenvalue weighted by Crippen LogP contribution is -2.35. The fraction of sp³-hybridized carbons (Fsp3) is 0.407. The Hall–Kier alpha value is -2.89. The molecule has 1 aromatic heterocycles. The van der Waals surface area contributed by atoms with Crippen LogP contribution in [0.3, 0.4) is 0 Å². The molecule has 0 bridgehead atoms. The van der Waals surface area contributed by atoms with Gasteiger partial charge in [-0.2, -0.15) is 5.26 Å². The van der Waals surface area contributed by atoms with Crippen LogP contribution in [0.5, 0.6) is 0 Å². The number of carbonyl (C=O) groups excluding carboxylic acids is 1. The third-order valence-electron chi connectivity index (χ3n) is 6.68. The fourth-order valence-electron chi connectivity index (χ4n) is 4.70. The Bertz CT molecular complexity index is 1280. The van der Waals surface area contributed by atoms with Crippen molar-refractivity contribution in [1.29, 1.82) is 5.26 Å². The van der Waals surface area contributed by atoms with Crippen LogP contribution in [-0.4, -0.2) is 32.8 Å². The SMILES string of the molecule is CCn1c(N2CCCCCC2)c(/C=C2\SC(=S)N(Cc3ccc(C)cc3)C2=O)c(C)c(C#N)c1=O. The van der Waals surface area contributed by atoms with Crippen molar-refractivity contribution >= 4 is 46.1 Å². The predicted molar refractivity (Wildman–Crippen MR) is 146 cm³/mol. The molecule has 2 fully saturated rings. The number of thioether (sulfide) groups is 1. The Morgan fingerprint density at radius 2 is 1.74 bits per heavy atom. The van der Waals surface area contributed by atoms with E-state index in [0.717, 1.165) is 61.3 Å². The second kappa shape index (κ2) is 10.8. The van der Waals surface area contributed by atoms with Gasteiger partial charge in [0.2, 0.25) is 0 Å². The van der Waals surface area contributed by atoms with Gasteiger partial charge in [0.25, 0.3) is 11.5 Å². The Morgan fingerprint density at radius 1 is 1.09 bits per heavy atom. The highest BCUT2D eigenvalue weighted by Crippen LogP contribution is 2.37. The molecule has 0 radical (unpaired) electrons. The molecule has 1 amide bonds. The van der Waals surface area contributed by atoms with E-state index in [1.165, 1.54) is 11.8 Å². The zero-order valence-corrected chi connectivity index (χ0v) is 22.1. The third-order valence-corrected chi connectivity index (χ3v) is 8.06. The van der Waals surface area contributed by atoms with Crippen LogP contribution in [0.15, 0.2) is 34.0 Å². The average molecular weight is 507 g/mol. The van der Waals surface area contributed by atoms with E-state index in [4.69, 9.17) is 12.2 Å². The normalized spacial score (nSPS) is 17.7. The van der Waals surface area contributed by atoms with Crippen LogP contribution in [0.1, 0.15) is 60.4 Å². The lowest BCUT2D eigenvalue weighted by atomic mass is 10.0. The molecule has 8 heteroatoms. The molecule has 2 saturated heterocycles. The van der Waals surface area contributed by atoms with Gasteiger partial charge in [0.05, 0.1) is 11.4 Å². The number of benzene rings is 1. The first-order valence-electron chi connectivity index (χ1n) is 12.1. The highest BCUT2D eigenvalue weighted by molar-refractivity contribution is 8.26. The maximum atomic E-state index is 13.4. The number of nitrogens with zero attached hydrogens (tertiary/aromatic N) is 4. The van der Waals surface area contributed by atoms with Gasteiger partial charge in [-0.25, -0.2) is 0 Å². The van der Waals surface area contributed by atoms with Crippen molar-refractivity contribution in [3.05, 3.63) is 67.3 Å². The van der Waals surface area contributed by atoms with E-state index < -0.39 is 0 Å². The quantitative estimate of drug-likeness (QED) is 0.413. The van der Waals surface area contributed by atoms with Gasteiger partial charge >= 0.3 is 0 Å². The number of aryl methyl sites for hydroxylation is 1. The second-order valence-electron chi connectivity index (χ2n) is 9.05. The Balaban J connectivity index is 1.79. The molecule has 3 heterocycles. The molecule has 182 valence electrons. The summed E-state index contributed by atoms with van der Waals surface area (Å²) in [5, 5.41) is 9.77. The molecule has 0 atom stereocenters. The largest absolute Gasteiger partial charge is 0.357 e. The summed E-state index contributed by atoms with van der Waals surface area (Å²) in [4.78, 5) is 31.0. The van der Waals surface area contributed by atoms with Crippen LogP contribution in [0.25, 0.3) is 6.08 Å². The molecule has 2 aliphatic rings. The molecule has 0 saturated carbocycles. The number of thiocarbonyl (C=S) groups is 1. The van der Waals surface area contributed by atoms with Crippen LogP contribution in [0, 0.1) is 25.2 Å². The third kappa shape index (κ3) is 5.07. The highest BCUT2D eigenvalue weighted by atomic mass is 32.2. The molecular weight excluding hydrogens is 476 g/mol. The van der Waals surface area contributed by atoms with Gasteiger partial charge in [-0.3, -0.25) is 19.1 Å². The number of hydrogen-bond donors (Lipinski definition) is 0. The Morgan fingerprint density at radius 3 is 2.34 bits per heavy atom. The van der Waals surface area contributed by atoms with E-state index in [9.17, 15) is 14.9 Å². The molecule has 2 aliphatic heterocycles. The van der Waals surface area contributed by atoms with Crippen molar-refractivity contribution in [3.63, 3.8) is 0 Å². The fourth-order valence-corrected chi connectivity index (χ4v) is 5.94. The Kier molecular flexibility index (Phi) is 7.78. The number of carbonyl (C=O) groups is 1. The summed E-state index contributed by atoms with van der Waals surface area (Å²) in [7, 11) is 0. The van der Waals surface area contributed by atoms with Gasteiger partial charge < -0.3 is 4.90 Å². The zero-order valence-electron chi connectivity index (χ0n) is 20.5. The maximum absolute atomic E-state index is 13.4.